The van der Waals surface area contributed by atoms with Crippen LogP contribution in [0.5, 0.6) is 0 Å². The van der Waals surface area contributed by atoms with Crippen molar-refractivity contribution in [1.82, 2.24) is 0 Å². The third kappa shape index (κ3) is 3.66. The van der Waals surface area contributed by atoms with Crippen LogP contribution in [0, 0.1) is 0 Å². The molecule has 6 rings (SSSR count). The van der Waals surface area contributed by atoms with E-state index in [0.717, 1.165) is 22.8 Å². The summed E-state index contributed by atoms with van der Waals surface area (Å²) < 4.78 is 13.4. The molecule has 0 spiro atoms. The average Bonchev–Trinajstić information content (AvgIpc) is 3.28. The van der Waals surface area contributed by atoms with Crippen molar-refractivity contribution in [2.75, 3.05) is 23.0 Å². The molecule has 2 aliphatic rings. The minimum absolute atomic E-state index is 0.266. The molecule has 0 saturated carbocycles. The van der Waals surface area contributed by atoms with E-state index in [9.17, 15) is 0 Å². The molecule has 0 aromatic heterocycles. The molecule has 40 heavy (non-hydrogen) atoms. The lowest BCUT2D eigenvalue weighted by atomic mass is 9.83. The Kier molecular flexibility index (Phi) is 6.32. The van der Waals surface area contributed by atoms with E-state index < -0.39 is 12.5 Å². The van der Waals surface area contributed by atoms with Crippen molar-refractivity contribution in [3.63, 3.8) is 0 Å². The number of nitrogens with zero attached hydrogens (tertiary/aromatic N) is 2. The second kappa shape index (κ2) is 9.50. The monoisotopic (exact) mass is 532 g/mol. The smallest absolute Gasteiger partial charge is 0.179 e. The fourth-order valence-electron chi connectivity index (χ4n) is 6.69. The first-order valence-corrected chi connectivity index (χ1v) is 14.4. The lowest BCUT2D eigenvalue weighted by Gasteiger charge is -2.43. The number of hydrogen-bond donors (Lipinski definition) is 0. The summed E-state index contributed by atoms with van der Waals surface area (Å²) >= 11 is 0. The van der Waals surface area contributed by atoms with Gasteiger partial charge in [0.15, 0.2) is 12.5 Å². The SMILES string of the molecule is C=C1N(C(OCC)C(OCC)N2C(=C)C(C)(C)c3ccc4ccccc4c32)c2c(ccc3ccccc23)C1(C)C. The van der Waals surface area contributed by atoms with Crippen LogP contribution in [0.25, 0.3) is 21.5 Å². The second-order valence-electron chi connectivity index (χ2n) is 11.9. The van der Waals surface area contributed by atoms with Gasteiger partial charge in [-0.25, -0.2) is 0 Å². The van der Waals surface area contributed by atoms with Gasteiger partial charge in [0.05, 0.1) is 11.4 Å². The molecule has 0 bridgehead atoms. The third-order valence-electron chi connectivity index (χ3n) is 9.08. The van der Waals surface area contributed by atoms with Crippen LogP contribution in [-0.4, -0.2) is 25.7 Å². The van der Waals surface area contributed by atoms with Gasteiger partial charge in [0, 0.05) is 46.2 Å². The maximum Gasteiger partial charge on any atom is 0.179 e. The average molecular weight is 533 g/mol. The van der Waals surface area contributed by atoms with Gasteiger partial charge in [0.25, 0.3) is 0 Å². The minimum Gasteiger partial charge on any atom is -0.353 e. The topological polar surface area (TPSA) is 24.9 Å². The normalized spacial score (nSPS) is 18.9. The summed E-state index contributed by atoms with van der Waals surface area (Å²) in [5, 5.41) is 4.78. The van der Waals surface area contributed by atoms with E-state index in [1.165, 1.54) is 32.7 Å². The molecular formula is C36H40N2O2. The summed E-state index contributed by atoms with van der Waals surface area (Å²) in [6.45, 7) is 23.5. The van der Waals surface area contributed by atoms with E-state index in [4.69, 9.17) is 9.47 Å². The Morgan fingerprint density at radius 2 is 0.975 bits per heavy atom. The first kappa shape index (κ1) is 26.6. The van der Waals surface area contributed by atoms with Crippen LogP contribution in [0.1, 0.15) is 52.7 Å². The molecule has 0 N–H and O–H groups in total. The lowest BCUT2D eigenvalue weighted by molar-refractivity contribution is -0.0629. The molecule has 4 aromatic carbocycles. The molecule has 0 amide bonds. The molecule has 2 heterocycles. The molecule has 0 saturated heterocycles. The predicted octanol–water partition coefficient (Wildman–Crippen LogP) is 8.64. The summed E-state index contributed by atoms with van der Waals surface area (Å²) in [4.78, 5) is 4.62. The van der Waals surface area contributed by atoms with E-state index in [1.807, 2.05) is 0 Å². The lowest BCUT2D eigenvalue weighted by Crippen LogP contribution is -2.54. The highest BCUT2D eigenvalue weighted by molar-refractivity contribution is 6.01. The van der Waals surface area contributed by atoms with Crippen molar-refractivity contribution >= 4 is 32.9 Å². The molecule has 4 heteroatoms. The number of hydrogen-bond acceptors (Lipinski definition) is 4. The first-order chi connectivity index (χ1) is 19.1. The fourth-order valence-corrected chi connectivity index (χ4v) is 6.69. The number of allylic oxidation sites excluding steroid dienone is 2. The molecule has 0 fully saturated rings. The zero-order valence-corrected chi connectivity index (χ0v) is 24.6. The second-order valence-corrected chi connectivity index (χ2v) is 11.9. The van der Waals surface area contributed by atoms with E-state index in [0.29, 0.717) is 13.2 Å². The van der Waals surface area contributed by atoms with E-state index in [2.05, 4.69) is 137 Å². The van der Waals surface area contributed by atoms with Gasteiger partial charge in [-0.1, -0.05) is 114 Å². The molecule has 4 aromatic rings. The molecule has 206 valence electrons. The van der Waals surface area contributed by atoms with Crippen molar-refractivity contribution < 1.29 is 9.47 Å². The first-order valence-electron chi connectivity index (χ1n) is 14.4. The van der Waals surface area contributed by atoms with E-state index in [-0.39, 0.29) is 10.8 Å². The third-order valence-corrected chi connectivity index (χ3v) is 9.08. The fraction of sp³-hybridized carbons (Fsp3) is 0.333. The summed E-state index contributed by atoms with van der Waals surface area (Å²) in [5.41, 5.74) is 6.28. The zero-order chi connectivity index (χ0) is 28.4. The predicted molar refractivity (Wildman–Crippen MR) is 168 cm³/mol. The Labute approximate surface area is 238 Å². The molecule has 0 aliphatic carbocycles. The van der Waals surface area contributed by atoms with Gasteiger partial charge in [-0.05, 0) is 35.7 Å². The van der Waals surface area contributed by atoms with Crippen LogP contribution in [-0.2, 0) is 20.3 Å². The van der Waals surface area contributed by atoms with Gasteiger partial charge in [0.1, 0.15) is 0 Å². The molecular weight excluding hydrogens is 492 g/mol. The van der Waals surface area contributed by atoms with Crippen LogP contribution >= 0.6 is 0 Å². The van der Waals surface area contributed by atoms with Gasteiger partial charge in [0.2, 0.25) is 0 Å². The maximum atomic E-state index is 6.72. The largest absolute Gasteiger partial charge is 0.353 e. The van der Waals surface area contributed by atoms with Crippen LogP contribution in [0.15, 0.2) is 97.3 Å². The van der Waals surface area contributed by atoms with Gasteiger partial charge in [-0.3, -0.25) is 0 Å². The Balaban J connectivity index is 1.59. The van der Waals surface area contributed by atoms with Crippen LogP contribution in [0.2, 0.25) is 0 Å². The van der Waals surface area contributed by atoms with E-state index >= 15 is 0 Å². The maximum absolute atomic E-state index is 6.72. The minimum atomic E-state index is -0.457. The zero-order valence-electron chi connectivity index (χ0n) is 24.6. The van der Waals surface area contributed by atoms with Crippen LogP contribution < -0.4 is 9.80 Å². The summed E-state index contributed by atoms with van der Waals surface area (Å²) in [6, 6.07) is 26.1. The van der Waals surface area contributed by atoms with Crippen molar-refractivity contribution in [2.45, 2.75) is 64.8 Å². The van der Waals surface area contributed by atoms with Gasteiger partial charge in [-0.15, -0.1) is 0 Å². The highest BCUT2D eigenvalue weighted by Crippen LogP contribution is 2.55. The van der Waals surface area contributed by atoms with Crippen molar-refractivity contribution in [1.29, 1.82) is 0 Å². The van der Waals surface area contributed by atoms with Crippen LogP contribution in [0.4, 0.5) is 11.4 Å². The molecule has 4 nitrogen and oxygen atoms in total. The number of ether oxygens (including phenoxy) is 2. The van der Waals surface area contributed by atoms with Gasteiger partial charge < -0.3 is 19.3 Å². The van der Waals surface area contributed by atoms with Gasteiger partial charge in [-0.2, -0.15) is 0 Å². The quantitative estimate of drug-likeness (QED) is 0.238. The number of benzene rings is 4. The molecule has 2 aliphatic heterocycles. The summed E-state index contributed by atoms with van der Waals surface area (Å²) in [5.74, 6) is 0. The van der Waals surface area contributed by atoms with Crippen molar-refractivity contribution in [3.05, 3.63) is 108 Å². The summed E-state index contributed by atoms with van der Waals surface area (Å²) in [6.07, 6.45) is -0.914. The van der Waals surface area contributed by atoms with Crippen molar-refractivity contribution in [2.24, 2.45) is 0 Å². The summed E-state index contributed by atoms with van der Waals surface area (Å²) in [7, 11) is 0. The Hall–Kier alpha value is -3.60. The van der Waals surface area contributed by atoms with E-state index in [1.54, 1.807) is 0 Å². The van der Waals surface area contributed by atoms with Gasteiger partial charge >= 0.3 is 0 Å². The highest BCUT2D eigenvalue weighted by atomic mass is 16.6. The Morgan fingerprint density at radius 1 is 0.600 bits per heavy atom. The molecule has 2 unspecified atom stereocenters. The Bertz CT molecular complexity index is 1530. The van der Waals surface area contributed by atoms with Crippen molar-refractivity contribution in [3.8, 4) is 0 Å². The molecule has 0 radical (unpaired) electrons. The van der Waals surface area contributed by atoms with Crippen LogP contribution in [0.3, 0.4) is 0 Å². The highest BCUT2D eigenvalue weighted by Gasteiger charge is 2.50. The number of fused-ring (bicyclic) bond motifs is 6. The molecule has 2 atom stereocenters. The standard InChI is InChI=1S/C36H40N2O2/c1-9-39-33(37-23(3)35(5,6)29-21-19-25-15-11-13-17-27(25)31(29)37)34(40-10-2)38-24(4)36(7,8)30-22-20-26-16-12-14-18-28(26)32(30)38/h11-22,33-34H,3-4,9-10H2,1-2,5-8H3. The number of rotatable bonds is 7. The number of anilines is 2. The Morgan fingerprint density at radius 3 is 1.35 bits per heavy atom.